The maximum atomic E-state index is 12.2. The second-order valence-corrected chi connectivity index (χ2v) is 4.78. The van der Waals surface area contributed by atoms with Crippen LogP contribution in [0.3, 0.4) is 0 Å². The highest BCUT2D eigenvalue weighted by Crippen LogP contribution is 2.06. The van der Waals surface area contributed by atoms with Crippen molar-refractivity contribution in [3.63, 3.8) is 0 Å². The second-order valence-electron chi connectivity index (χ2n) is 4.78. The van der Waals surface area contributed by atoms with E-state index in [1.807, 2.05) is 38.1 Å². The Kier molecular flexibility index (Phi) is 6.77. The molecule has 0 radical (unpaired) electrons. The van der Waals surface area contributed by atoms with Crippen LogP contribution >= 0.6 is 0 Å². The van der Waals surface area contributed by atoms with Crippen molar-refractivity contribution < 1.29 is 14.3 Å². The van der Waals surface area contributed by atoms with E-state index in [4.69, 9.17) is 4.74 Å². The fraction of sp³-hybridized carbons (Fsp3) is 0.500. The first-order valence-electron chi connectivity index (χ1n) is 7.05. The van der Waals surface area contributed by atoms with E-state index in [2.05, 4.69) is 0 Å². The van der Waals surface area contributed by atoms with Crippen molar-refractivity contribution in [2.75, 3.05) is 19.7 Å². The molecule has 0 heterocycles. The Morgan fingerprint density at radius 2 is 1.80 bits per heavy atom. The molecule has 1 aromatic carbocycles. The van der Waals surface area contributed by atoms with Crippen LogP contribution in [-0.4, -0.2) is 36.5 Å². The Morgan fingerprint density at radius 3 is 2.35 bits per heavy atom. The molecule has 0 saturated heterocycles. The number of ether oxygens (including phenoxy) is 1. The van der Waals surface area contributed by atoms with E-state index in [-0.39, 0.29) is 18.4 Å². The number of amides is 1. The standard InChI is InChI=1S/C16H23NO3/c1-4-10-17(12-16(19)20-5-2)15(18)11-14-8-6-13(3)7-9-14/h6-9H,4-5,10-12H2,1-3H3. The molecule has 0 atom stereocenters. The molecule has 1 amide bonds. The van der Waals surface area contributed by atoms with Crippen LogP contribution in [-0.2, 0) is 20.7 Å². The first-order chi connectivity index (χ1) is 9.56. The van der Waals surface area contributed by atoms with Crippen molar-refractivity contribution in [3.8, 4) is 0 Å². The van der Waals surface area contributed by atoms with Crippen molar-refractivity contribution in [1.82, 2.24) is 4.90 Å². The minimum atomic E-state index is -0.349. The summed E-state index contributed by atoms with van der Waals surface area (Å²) in [4.78, 5) is 25.3. The molecule has 0 aliphatic rings. The van der Waals surface area contributed by atoms with Gasteiger partial charge in [0.05, 0.1) is 13.0 Å². The Balaban J connectivity index is 2.63. The first kappa shape index (κ1) is 16.2. The third-order valence-corrected chi connectivity index (χ3v) is 2.95. The van der Waals surface area contributed by atoms with Gasteiger partial charge >= 0.3 is 5.97 Å². The lowest BCUT2D eigenvalue weighted by molar-refractivity contribution is -0.148. The summed E-state index contributed by atoms with van der Waals surface area (Å²) < 4.78 is 4.90. The molecule has 4 heteroatoms. The van der Waals surface area contributed by atoms with Crippen LogP contribution in [0.2, 0.25) is 0 Å². The van der Waals surface area contributed by atoms with Crippen molar-refractivity contribution >= 4 is 11.9 Å². The number of esters is 1. The summed E-state index contributed by atoms with van der Waals surface area (Å²) in [6.07, 6.45) is 1.14. The molecule has 1 rings (SSSR count). The molecule has 20 heavy (non-hydrogen) atoms. The summed E-state index contributed by atoms with van der Waals surface area (Å²) in [6.45, 7) is 6.70. The fourth-order valence-corrected chi connectivity index (χ4v) is 1.92. The van der Waals surface area contributed by atoms with Gasteiger partial charge in [0.15, 0.2) is 0 Å². The molecule has 1 aromatic rings. The zero-order chi connectivity index (χ0) is 15.0. The lowest BCUT2D eigenvalue weighted by atomic mass is 10.1. The number of benzene rings is 1. The molecule has 0 bridgehead atoms. The van der Waals surface area contributed by atoms with Gasteiger partial charge in [-0.1, -0.05) is 36.8 Å². The number of hydrogen-bond acceptors (Lipinski definition) is 3. The number of nitrogens with zero attached hydrogens (tertiary/aromatic N) is 1. The topological polar surface area (TPSA) is 46.6 Å². The van der Waals surface area contributed by atoms with Gasteiger partial charge in [-0.15, -0.1) is 0 Å². The van der Waals surface area contributed by atoms with E-state index in [0.717, 1.165) is 17.5 Å². The number of hydrogen-bond donors (Lipinski definition) is 0. The van der Waals surface area contributed by atoms with Gasteiger partial charge in [0.1, 0.15) is 6.54 Å². The van der Waals surface area contributed by atoms with Crippen LogP contribution in [0.4, 0.5) is 0 Å². The Bertz CT molecular complexity index is 440. The van der Waals surface area contributed by atoms with Gasteiger partial charge in [-0.3, -0.25) is 9.59 Å². The van der Waals surface area contributed by atoms with E-state index < -0.39 is 0 Å². The largest absolute Gasteiger partial charge is 0.465 e. The molecular formula is C16H23NO3. The van der Waals surface area contributed by atoms with Crippen LogP contribution < -0.4 is 0 Å². The van der Waals surface area contributed by atoms with Crippen LogP contribution in [0.25, 0.3) is 0 Å². The molecule has 4 nitrogen and oxygen atoms in total. The minimum absolute atomic E-state index is 0.0341. The van der Waals surface area contributed by atoms with Gasteiger partial charge in [-0.05, 0) is 25.8 Å². The zero-order valence-corrected chi connectivity index (χ0v) is 12.5. The van der Waals surface area contributed by atoms with Crippen molar-refractivity contribution in [2.45, 2.75) is 33.6 Å². The van der Waals surface area contributed by atoms with Crippen LogP contribution in [0.15, 0.2) is 24.3 Å². The molecule has 0 fully saturated rings. The molecule has 110 valence electrons. The van der Waals surface area contributed by atoms with E-state index >= 15 is 0 Å². The van der Waals surface area contributed by atoms with Crippen LogP contribution in [0, 0.1) is 6.92 Å². The van der Waals surface area contributed by atoms with Crippen molar-refractivity contribution in [1.29, 1.82) is 0 Å². The molecule has 0 aliphatic heterocycles. The number of aryl methyl sites for hydroxylation is 1. The average molecular weight is 277 g/mol. The van der Waals surface area contributed by atoms with Gasteiger partial charge in [0.2, 0.25) is 5.91 Å². The number of carbonyl (C=O) groups is 2. The summed E-state index contributed by atoms with van der Waals surface area (Å²) in [5.41, 5.74) is 2.13. The van der Waals surface area contributed by atoms with Gasteiger partial charge in [-0.2, -0.15) is 0 Å². The molecule has 0 aromatic heterocycles. The SMILES string of the molecule is CCCN(CC(=O)OCC)C(=O)Cc1ccc(C)cc1. The number of carbonyl (C=O) groups excluding carboxylic acids is 2. The predicted octanol–water partition coefficient (Wildman–Crippen LogP) is 2.34. The highest BCUT2D eigenvalue weighted by molar-refractivity contribution is 5.83. The summed E-state index contributed by atoms with van der Waals surface area (Å²) in [6, 6.07) is 7.86. The Morgan fingerprint density at radius 1 is 1.15 bits per heavy atom. The first-order valence-corrected chi connectivity index (χ1v) is 7.05. The van der Waals surface area contributed by atoms with Crippen LogP contribution in [0.5, 0.6) is 0 Å². The van der Waals surface area contributed by atoms with Crippen molar-refractivity contribution in [2.24, 2.45) is 0 Å². The lowest BCUT2D eigenvalue weighted by Gasteiger charge is -2.21. The summed E-state index contributed by atoms with van der Waals surface area (Å²) >= 11 is 0. The quantitative estimate of drug-likeness (QED) is 0.719. The molecule has 0 unspecified atom stereocenters. The Hall–Kier alpha value is -1.84. The van der Waals surface area contributed by atoms with E-state index in [9.17, 15) is 9.59 Å². The summed E-state index contributed by atoms with van der Waals surface area (Å²) in [7, 11) is 0. The minimum Gasteiger partial charge on any atom is -0.465 e. The summed E-state index contributed by atoms with van der Waals surface area (Å²) in [5, 5.41) is 0. The van der Waals surface area contributed by atoms with E-state index in [1.54, 1.807) is 11.8 Å². The monoisotopic (exact) mass is 277 g/mol. The molecule has 0 saturated carbocycles. The molecule has 0 aliphatic carbocycles. The van der Waals surface area contributed by atoms with Gasteiger partial charge in [0.25, 0.3) is 0 Å². The van der Waals surface area contributed by atoms with Gasteiger partial charge in [-0.25, -0.2) is 0 Å². The van der Waals surface area contributed by atoms with E-state index in [1.165, 1.54) is 0 Å². The summed E-state index contributed by atoms with van der Waals surface area (Å²) in [5.74, 6) is -0.387. The Labute approximate surface area is 120 Å². The molecular weight excluding hydrogens is 254 g/mol. The predicted molar refractivity (Wildman–Crippen MR) is 78.4 cm³/mol. The zero-order valence-electron chi connectivity index (χ0n) is 12.5. The number of rotatable bonds is 7. The second kappa shape index (κ2) is 8.35. The smallest absolute Gasteiger partial charge is 0.325 e. The maximum absolute atomic E-state index is 12.2. The average Bonchev–Trinajstić information content (AvgIpc) is 2.41. The van der Waals surface area contributed by atoms with Crippen molar-refractivity contribution in [3.05, 3.63) is 35.4 Å². The highest BCUT2D eigenvalue weighted by Gasteiger charge is 2.17. The third kappa shape index (κ3) is 5.43. The maximum Gasteiger partial charge on any atom is 0.325 e. The lowest BCUT2D eigenvalue weighted by Crippen LogP contribution is -2.38. The van der Waals surface area contributed by atoms with Gasteiger partial charge < -0.3 is 9.64 Å². The van der Waals surface area contributed by atoms with Gasteiger partial charge in [0, 0.05) is 6.54 Å². The molecule has 0 spiro atoms. The van der Waals surface area contributed by atoms with Crippen LogP contribution in [0.1, 0.15) is 31.4 Å². The highest BCUT2D eigenvalue weighted by atomic mass is 16.5. The van der Waals surface area contributed by atoms with E-state index in [0.29, 0.717) is 19.6 Å². The normalized spacial score (nSPS) is 10.2. The molecule has 0 N–H and O–H groups in total. The third-order valence-electron chi connectivity index (χ3n) is 2.95. The fourth-order valence-electron chi connectivity index (χ4n) is 1.92.